The van der Waals surface area contributed by atoms with Crippen LogP contribution >= 0.6 is 0 Å². The molecule has 0 aromatic heterocycles. The van der Waals surface area contributed by atoms with Crippen molar-refractivity contribution in [2.75, 3.05) is 38.7 Å². The zero-order valence-corrected chi connectivity index (χ0v) is 18.4. The first-order valence-electron chi connectivity index (χ1n) is 10.1. The molecule has 156 valence electrons. The molecule has 0 saturated heterocycles. The minimum atomic E-state index is -0.222. The van der Waals surface area contributed by atoms with Crippen LogP contribution in [0.25, 0.3) is 0 Å². The summed E-state index contributed by atoms with van der Waals surface area (Å²) in [4.78, 5) is 0. The Morgan fingerprint density at radius 3 is 1.96 bits per heavy atom. The van der Waals surface area contributed by atoms with Crippen LogP contribution in [0, 0.1) is 0 Å². The van der Waals surface area contributed by atoms with E-state index in [0.717, 1.165) is 37.4 Å². The molecule has 0 spiro atoms. The van der Waals surface area contributed by atoms with Crippen LogP contribution in [0.1, 0.15) is 54.4 Å². The number of hydrogen-bond donors (Lipinski definition) is 2. The SMILES string of the molecule is CNc1ccc(OCCC(C)(C)OCCC(C)(C)OCCNC(C)C)cc1. The molecule has 0 amide bonds. The van der Waals surface area contributed by atoms with Gasteiger partial charge in [0.25, 0.3) is 0 Å². The smallest absolute Gasteiger partial charge is 0.119 e. The summed E-state index contributed by atoms with van der Waals surface area (Å²) >= 11 is 0. The molecule has 0 fully saturated rings. The highest BCUT2D eigenvalue weighted by Crippen LogP contribution is 2.21. The molecule has 27 heavy (non-hydrogen) atoms. The molecular weight excluding hydrogens is 340 g/mol. The Labute approximate surface area is 166 Å². The largest absolute Gasteiger partial charge is 0.493 e. The van der Waals surface area contributed by atoms with Crippen LogP contribution in [-0.4, -0.2) is 50.7 Å². The van der Waals surface area contributed by atoms with Gasteiger partial charge in [-0.05, 0) is 58.4 Å². The lowest BCUT2D eigenvalue weighted by Gasteiger charge is -2.30. The summed E-state index contributed by atoms with van der Waals surface area (Å²) in [5.41, 5.74) is 0.677. The van der Waals surface area contributed by atoms with E-state index in [4.69, 9.17) is 14.2 Å². The normalized spacial score (nSPS) is 12.4. The number of ether oxygens (including phenoxy) is 3. The van der Waals surface area contributed by atoms with Gasteiger partial charge in [-0.1, -0.05) is 13.8 Å². The van der Waals surface area contributed by atoms with Gasteiger partial charge in [-0.15, -0.1) is 0 Å². The highest BCUT2D eigenvalue weighted by molar-refractivity contribution is 5.45. The molecule has 0 heterocycles. The number of anilines is 1. The highest BCUT2D eigenvalue weighted by Gasteiger charge is 2.22. The van der Waals surface area contributed by atoms with Crippen molar-refractivity contribution in [1.29, 1.82) is 0 Å². The van der Waals surface area contributed by atoms with E-state index in [-0.39, 0.29) is 11.2 Å². The number of rotatable bonds is 14. The second kappa shape index (κ2) is 11.5. The zero-order valence-electron chi connectivity index (χ0n) is 18.4. The maximum absolute atomic E-state index is 6.10. The number of nitrogens with one attached hydrogen (secondary N) is 2. The van der Waals surface area contributed by atoms with Crippen LogP contribution < -0.4 is 15.4 Å². The molecule has 1 aromatic carbocycles. The van der Waals surface area contributed by atoms with Crippen molar-refractivity contribution in [1.82, 2.24) is 5.32 Å². The Hall–Kier alpha value is -1.30. The average molecular weight is 381 g/mol. The summed E-state index contributed by atoms with van der Waals surface area (Å²) in [6, 6.07) is 8.47. The lowest BCUT2D eigenvalue weighted by Crippen LogP contribution is -2.34. The van der Waals surface area contributed by atoms with E-state index in [0.29, 0.717) is 19.3 Å². The third-order valence-corrected chi connectivity index (χ3v) is 4.46. The highest BCUT2D eigenvalue weighted by atomic mass is 16.5. The van der Waals surface area contributed by atoms with Gasteiger partial charge in [-0.25, -0.2) is 0 Å². The van der Waals surface area contributed by atoms with Crippen molar-refractivity contribution in [3.8, 4) is 5.75 Å². The molecule has 0 aliphatic heterocycles. The van der Waals surface area contributed by atoms with Gasteiger partial charge in [0.2, 0.25) is 0 Å². The quantitative estimate of drug-likeness (QED) is 0.466. The standard InChI is InChI=1S/C22H40N2O3/c1-18(2)24-14-17-27-22(5,6)13-16-26-21(3,4)12-15-25-20-10-8-19(23-7)9-11-20/h8-11,18,23-24H,12-17H2,1-7H3. The fourth-order valence-corrected chi connectivity index (χ4v) is 2.52. The predicted molar refractivity (Wildman–Crippen MR) is 114 cm³/mol. The monoisotopic (exact) mass is 380 g/mol. The molecule has 0 saturated carbocycles. The Morgan fingerprint density at radius 2 is 1.41 bits per heavy atom. The first-order chi connectivity index (χ1) is 12.6. The van der Waals surface area contributed by atoms with Crippen LogP contribution in [0.15, 0.2) is 24.3 Å². The molecular formula is C22H40N2O3. The molecule has 0 atom stereocenters. The van der Waals surface area contributed by atoms with E-state index < -0.39 is 0 Å². The summed E-state index contributed by atoms with van der Waals surface area (Å²) < 4.78 is 17.9. The van der Waals surface area contributed by atoms with E-state index in [2.05, 4.69) is 52.2 Å². The summed E-state index contributed by atoms with van der Waals surface area (Å²) in [6.45, 7) is 15.6. The molecule has 0 unspecified atom stereocenters. The van der Waals surface area contributed by atoms with Crippen LogP contribution in [-0.2, 0) is 9.47 Å². The third kappa shape index (κ3) is 11.2. The first kappa shape index (κ1) is 23.7. The van der Waals surface area contributed by atoms with Crippen LogP contribution in [0.5, 0.6) is 5.75 Å². The maximum atomic E-state index is 6.10. The van der Waals surface area contributed by atoms with Crippen molar-refractivity contribution in [3.05, 3.63) is 24.3 Å². The summed E-state index contributed by atoms with van der Waals surface area (Å²) in [5, 5.41) is 6.47. The van der Waals surface area contributed by atoms with E-state index >= 15 is 0 Å². The van der Waals surface area contributed by atoms with Crippen molar-refractivity contribution >= 4 is 5.69 Å². The lowest BCUT2D eigenvalue weighted by atomic mass is 10.0. The van der Waals surface area contributed by atoms with Crippen LogP contribution in [0.3, 0.4) is 0 Å². The van der Waals surface area contributed by atoms with Crippen molar-refractivity contribution in [3.63, 3.8) is 0 Å². The Balaban J connectivity index is 2.23. The summed E-state index contributed by atoms with van der Waals surface area (Å²) in [5.74, 6) is 0.884. The number of benzene rings is 1. The Morgan fingerprint density at radius 1 is 0.852 bits per heavy atom. The molecule has 5 nitrogen and oxygen atoms in total. The van der Waals surface area contributed by atoms with Gasteiger partial charge in [0, 0.05) is 31.7 Å². The second-order valence-electron chi connectivity index (χ2n) is 8.45. The molecule has 0 aliphatic carbocycles. The molecule has 0 radical (unpaired) electrons. The summed E-state index contributed by atoms with van der Waals surface area (Å²) in [6.07, 6.45) is 1.70. The van der Waals surface area contributed by atoms with E-state index in [1.807, 2.05) is 31.3 Å². The maximum Gasteiger partial charge on any atom is 0.119 e. The van der Waals surface area contributed by atoms with Crippen molar-refractivity contribution in [2.24, 2.45) is 0 Å². The molecule has 0 aliphatic rings. The number of hydrogen-bond acceptors (Lipinski definition) is 5. The molecule has 1 aromatic rings. The Bertz CT molecular complexity index is 513. The molecule has 0 bridgehead atoms. The topological polar surface area (TPSA) is 51.8 Å². The molecule has 1 rings (SSSR count). The van der Waals surface area contributed by atoms with Gasteiger partial charge >= 0.3 is 0 Å². The summed E-state index contributed by atoms with van der Waals surface area (Å²) in [7, 11) is 1.91. The zero-order chi connectivity index (χ0) is 20.3. The predicted octanol–water partition coefficient (Wildman–Crippen LogP) is 4.48. The van der Waals surface area contributed by atoms with E-state index in [1.54, 1.807) is 0 Å². The van der Waals surface area contributed by atoms with Crippen molar-refractivity contribution in [2.45, 2.75) is 71.6 Å². The van der Waals surface area contributed by atoms with Crippen molar-refractivity contribution < 1.29 is 14.2 Å². The minimum Gasteiger partial charge on any atom is -0.493 e. The lowest BCUT2D eigenvalue weighted by molar-refractivity contribution is -0.0762. The van der Waals surface area contributed by atoms with Crippen LogP contribution in [0.2, 0.25) is 0 Å². The molecule has 5 heteroatoms. The van der Waals surface area contributed by atoms with Gasteiger partial charge < -0.3 is 24.8 Å². The van der Waals surface area contributed by atoms with Gasteiger partial charge in [0.05, 0.1) is 31.0 Å². The average Bonchev–Trinajstić information content (AvgIpc) is 2.58. The minimum absolute atomic E-state index is 0.180. The third-order valence-electron chi connectivity index (χ3n) is 4.46. The first-order valence-corrected chi connectivity index (χ1v) is 10.1. The van der Waals surface area contributed by atoms with E-state index in [9.17, 15) is 0 Å². The molecule has 2 N–H and O–H groups in total. The van der Waals surface area contributed by atoms with Gasteiger partial charge in [-0.3, -0.25) is 0 Å². The second-order valence-corrected chi connectivity index (χ2v) is 8.45. The van der Waals surface area contributed by atoms with Crippen LogP contribution in [0.4, 0.5) is 5.69 Å². The fraction of sp³-hybridized carbons (Fsp3) is 0.727. The van der Waals surface area contributed by atoms with Gasteiger partial charge in [-0.2, -0.15) is 0 Å². The van der Waals surface area contributed by atoms with Gasteiger partial charge in [0.15, 0.2) is 0 Å². The Kier molecular flexibility index (Phi) is 10.1. The van der Waals surface area contributed by atoms with E-state index in [1.165, 1.54) is 0 Å². The fourth-order valence-electron chi connectivity index (χ4n) is 2.52. The van der Waals surface area contributed by atoms with Gasteiger partial charge in [0.1, 0.15) is 5.75 Å².